The lowest BCUT2D eigenvalue weighted by molar-refractivity contribution is 0.0296. The fourth-order valence-corrected chi connectivity index (χ4v) is 1.34. The molecular formula is C10H11Cl2NO3. The van der Waals surface area contributed by atoms with Gasteiger partial charge in [-0.05, 0) is 19.1 Å². The number of aliphatic hydroxyl groups is 1. The summed E-state index contributed by atoms with van der Waals surface area (Å²) in [6.45, 7) is 1.43. The van der Waals surface area contributed by atoms with E-state index in [1.807, 2.05) is 0 Å². The number of carbonyl (C=O) groups is 1. The highest BCUT2D eigenvalue weighted by atomic mass is 35.5. The molecule has 0 aliphatic heterocycles. The highest BCUT2D eigenvalue weighted by Crippen LogP contribution is 2.29. The lowest BCUT2D eigenvalue weighted by Gasteiger charge is -2.08. The summed E-state index contributed by atoms with van der Waals surface area (Å²) in [5, 5.41) is 9.34. The molecule has 0 radical (unpaired) electrons. The number of carbonyl (C=O) groups excluding carboxylic acids is 1. The Morgan fingerprint density at radius 3 is 2.69 bits per heavy atom. The molecule has 0 heterocycles. The van der Waals surface area contributed by atoms with Gasteiger partial charge in [0.2, 0.25) is 0 Å². The summed E-state index contributed by atoms with van der Waals surface area (Å²) in [4.78, 5) is 11.5. The molecule has 1 aromatic carbocycles. The highest BCUT2D eigenvalue weighted by Gasteiger charge is 2.13. The molecule has 1 atom stereocenters. The molecule has 1 rings (SSSR count). The van der Waals surface area contributed by atoms with Crippen molar-refractivity contribution >= 4 is 34.9 Å². The molecule has 0 fully saturated rings. The van der Waals surface area contributed by atoms with Crippen LogP contribution in [0.15, 0.2) is 12.1 Å². The summed E-state index contributed by atoms with van der Waals surface area (Å²) in [6, 6.07) is 2.74. The molecule has 0 aliphatic carbocycles. The van der Waals surface area contributed by atoms with Crippen LogP contribution < -0.4 is 5.73 Å². The van der Waals surface area contributed by atoms with Gasteiger partial charge in [-0.15, -0.1) is 0 Å². The average molecular weight is 264 g/mol. The molecule has 3 N–H and O–H groups in total. The third-order valence-corrected chi connectivity index (χ3v) is 2.56. The predicted octanol–water partition coefficient (Wildman–Crippen LogP) is 2.11. The molecule has 16 heavy (non-hydrogen) atoms. The Labute approximate surface area is 103 Å². The van der Waals surface area contributed by atoms with Gasteiger partial charge in [0.05, 0.1) is 27.4 Å². The van der Waals surface area contributed by atoms with Gasteiger partial charge in [0.15, 0.2) is 0 Å². The third-order valence-electron chi connectivity index (χ3n) is 1.75. The van der Waals surface area contributed by atoms with E-state index >= 15 is 0 Å². The monoisotopic (exact) mass is 263 g/mol. The van der Waals surface area contributed by atoms with E-state index in [1.54, 1.807) is 0 Å². The van der Waals surface area contributed by atoms with Crippen molar-refractivity contribution in [2.24, 2.45) is 0 Å². The minimum atomic E-state index is -0.718. The normalized spacial score (nSPS) is 12.2. The van der Waals surface area contributed by atoms with E-state index in [-0.39, 0.29) is 27.9 Å². The van der Waals surface area contributed by atoms with Gasteiger partial charge in [-0.3, -0.25) is 0 Å². The van der Waals surface area contributed by atoms with Crippen LogP contribution in [0.5, 0.6) is 0 Å². The van der Waals surface area contributed by atoms with Crippen molar-refractivity contribution in [3.63, 3.8) is 0 Å². The van der Waals surface area contributed by atoms with Gasteiger partial charge in [0, 0.05) is 0 Å². The van der Waals surface area contributed by atoms with Crippen LogP contribution in [0.2, 0.25) is 10.0 Å². The Balaban J connectivity index is 2.84. The quantitative estimate of drug-likeness (QED) is 0.647. The molecule has 0 spiro atoms. The standard InChI is InChI=1S/C10H11Cl2NO3/c1-5(14)4-16-10(15)6-2-7(11)9(12)8(13)3-6/h2-3,5,14H,4,13H2,1H3. The number of hydrogen-bond acceptors (Lipinski definition) is 4. The Bertz CT molecular complexity index is 384. The number of hydrogen-bond donors (Lipinski definition) is 2. The largest absolute Gasteiger partial charge is 0.459 e. The maximum atomic E-state index is 11.5. The minimum Gasteiger partial charge on any atom is -0.459 e. The highest BCUT2D eigenvalue weighted by molar-refractivity contribution is 6.43. The van der Waals surface area contributed by atoms with Crippen molar-refractivity contribution in [3.05, 3.63) is 27.7 Å². The van der Waals surface area contributed by atoms with Crippen LogP contribution in [0.4, 0.5) is 5.69 Å². The van der Waals surface area contributed by atoms with E-state index in [0.29, 0.717) is 0 Å². The Morgan fingerprint density at radius 1 is 1.56 bits per heavy atom. The molecule has 0 bridgehead atoms. The predicted molar refractivity (Wildman–Crippen MR) is 62.8 cm³/mol. The summed E-state index contributed by atoms with van der Waals surface area (Å²) >= 11 is 11.5. The molecule has 0 amide bonds. The topological polar surface area (TPSA) is 72.5 Å². The first kappa shape index (κ1) is 13.1. The van der Waals surface area contributed by atoms with Crippen LogP contribution in [0.1, 0.15) is 17.3 Å². The maximum absolute atomic E-state index is 11.5. The first-order valence-electron chi connectivity index (χ1n) is 4.51. The van der Waals surface area contributed by atoms with Crippen molar-refractivity contribution in [3.8, 4) is 0 Å². The van der Waals surface area contributed by atoms with E-state index < -0.39 is 12.1 Å². The smallest absolute Gasteiger partial charge is 0.338 e. The number of benzene rings is 1. The summed E-state index contributed by atoms with van der Waals surface area (Å²) in [5.74, 6) is -0.605. The van der Waals surface area contributed by atoms with Crippen LogP contribution in [-0.4, -0.2) is 23.8 Å². The third kappa shape index (κ3) is 3.27. The molecule has 6 heteroatoms. The van der Waals surface area contributed by atoms with Crippen molar-refractivity contribution in [1.29, 1.82) is 0 Å². The summed E-state index contributed by atoms with van der Waals surface area (Å²) in [6.07, 6.45) is -0.718. The molecule has 0 aromatic heterocycles. The van der Waals surface area contributed by atoms with Crippen LogP contribution in [-0.2, 0) is 4.74 Å². The van der Waals surface area contributed by atoms with Crippen LogP contribution in [0.25, 0.3) is 0 Å². The van der Waals surface area contributed by atoms with E-state index in [0.717, 1.165) is 0 Å². The van der Waals surface area contributed by atoms with Gasteiger partial charge >= 0.3 is 5.97 Å². The fourth-order valence-electron chi connectivity index (χ4n) is 1.01. The number of nitrogen functional groups attached to an aromatic ring is 1. The molecule has 1 unspecified atom stereocenters. The van der Waals surface area contributed by atoms with Gasteiger partial charge < -0.3 is 15.6 Å². The Hall–Kier alpha value is -0.970. The van der Waals surface area contributed by atoms with E-state index in [9.17, 15) is 4.79 Å². The number of nitrogens with two attached hydrogens (primary N) is 1. The number of ether oxygens (including phenoxy) is 1. The fraction of sp³-hybridized carbons (Fsp3) is 0.300. The molecular weight excluding hydrogens is 253 g/mol. The number of esters is 1. The van der Waals surface area contributed by atoms with Gasteiger partial charge in [0.25, 0.3) is 0 Å². The summed E-state index contributed by atoms with van der Waals surface area (Å²) < 4.78 is 4.79. The molecule has 0 saturated heterocycles. The summed E-state index contributed by atoms with van der Waals surface area (Å²) in [7, 11) is 0. The zero-order chi connectivity index (χ0) is 12.3. The van der Waals surface area contributed by atoms with E-state index in [1.165, 1.54) is 19.1 Å². The second-order valence-corrected chi connectivity index (χ2v) is 4.09. The lowest BCUT2D eigenvalue weighted by atomic mass is 10.2. The zero-order valence-corrected chi connectivity index (χ0v) is 10.0. The lowest BCUT2D eigenvalue weighted by Crippen LogP contribution is -2.15. The second-order valence-electron chi connectivity index (χ2n) is 3.31. The van der Waals surface area contributed by atoms with E-state index in [4.69, 9.17) is 38.8 Å². The number of aliphatic hydroxyl groups excluding tert-OH is 1. The summed E-state index contributed by atoms with van der Waals surface area (Å²) in [5.41, 5.74) is 5.95. The first-order valence-corrected chi connectivity index (χ1v) is 5.27. The van der Waals surface area contributed by atoms with Crippen molar-refractivity contribution in [2.75, 3.05) is 12.3 Å². The van der Waals surface area contributed by atoms with Gasteiger partial charge in [0.1, 0.15) is 6.61 Å². The van der Waals surface area contributed by atoms with Crippen LogP contribution >= 0.6 is 23.2 Å². The first-order chi connectivity index (χ1) is 7.41. The number of halogens is 2. The zero-order valence-electron chi connectivity index (χ0n) is 8.54. The average Bonchev–Trinajstić information content (AvgIpc) is 2.21. The van der Waals surface area contributed by atoms with Gasteiger partial charge in [-0.25, -0.2) is 4.79 Å². The molecule has 0 saturated carbocycles. The number of rotatable bonds is 3. The van der Waals surface area contributed by atoms with Crippen molar-refractivity contribution < 1.29 is 14.6 Å². The molecule has 88 valence electrons. The Morgan fingerprint density at radius 2 is 2.19 bits per heavy atom. The maximum Gasteiger partial charge on any atom is 0.338 e. The minimum absolute atomic E-state index is 0.0843. The Kier molecular flexibility index (Phi) is 4.41. The molecule has 1 aromatic rings. The SMILES string of the molecule is CC(O)COC(=O)c1cc(N)c(Cl)c(Cl)c1. The molecule has 4 nitrogen and oxygen atoms in total. The molecule has 0 aliphatic rings. The van der Waals surface area contributed by atoms with Crippen LogP contribution in [0.3, 0.4) is 0 Å². The van der Waals surface area contributed by atoms with Crippen molar-refractivity contribution in [1.82, 2.24) is 0 Å². The van der Waals surface area contributed by atoms with Crippen molar-refractivity contribution in [2.45, 2.75) is 13.0 Å². The van der Waals surface area contributed by atoms with Gasteiger partial charge in [-0.2, -0.15) is 0 Å². The number of anilines is 1. The second kappa shape index (κ2) is 5.39. The van der Waals surface area contributed by atoms with Crippen LogP contribution in [0, 0.1) is 0 Å². The van der Waals surface area contributed by atoms with Gasteiger partial charge in [-0.1, -0.05) is 23.2 Å². The van der Waals surface area contributed by atoms with E-state index in [2.05, 4.69) is 0 Å².